The topological polar surface area (TPSA) is 55.6 Å². The van der Waals surface area contributed by atoms with Gasteiger partial charge in [-0.25, -0.2) is 4.39 Å². The molecule has 0 aliphatic carbocycles. The standard InChI is InChI=1S/C12H14FN5/c1-8(2)7-14-12-6-10(4-5-11(12)13)18-9(3)15-16-17-18/h4-6,14H,1,7H2,2-3H3. The molecule has 1 heterocycles. The van der Waals surface area contributed by atoms with Crippen LogP contribution in [0.4, 0.5) is 10.1 Å². The highest BCUT2D eigenvalue weighted by atomic mass is 19.1. The Kier molecular flexibility index (Phi) is 3.36. The highest BCUT2D eigenvalue weighted by Gasteiger charge is 2.07. The second-order valence-corrected chi connectivity index (χ2v) is 4.11. The lowest BCUT2D eigenvalue weighted by Gasteiger charge is -2.09. The molecular formula is C12H14FN5. The van der Waals surface area contributed by atoms with Crippen molar-refractivity contribution in [3.63, 3.8) is 0 Å². The summed E-state index contributed by atoms with van der Waals surface area (Å²) in [6.45, 7) is 7.94. The molecule has 0 aliphatic heterocycles. The maximum Gasteiger partial charge on any atom is 0.153 e. The zero-order valence-corrected chi connectivity index (χ0v) is 10.3. The van der Waals surface area contributed by atoms with E-state index in [2.05, 4.69) is 27.4 Å². The molecule has 0 saturated heterocycles. The van der Waals surface area contributed by atoms with Gasteiger partial charge in [0.15, 0.2) is 5.82 Å². The SMILES string of the molecule is C=C(C)CNc1cc(-n2nnnc2C)ccc1F. The molecule has 6 heteroatoms. The van der Waals surface area contributed by atoms with Gasteiger partial charge in [-0.1, -0.05) is 12.2 Å². The summed E-state index contributed by atoms with van der Waals surface area (Å²) in [6.07, 6.45) is 0. The number of tetrazole rings is 1. The molecule has 18 heavy (non-hydrogen) atoms. The van der Waals surface area contributed by atoms with Crippen molar-refractivity contribution in [1.29, 1.82) is 0 Å². The molecule has 94 valence electrons. The molecule has 0 spiro atoms. The fourth-order valence-corrected chi connectivity index (χ4v) is 1.50. The Hall–Kier alpha value is -2.24. The molecule has 0 aliphatic rings. The molecule has 2 rings (SSSR count). The molecule has 0 unspecified atom stereocenters. The Morgan fingerprint density at radius 1 is 1.50 bits per heavy atom. The van der Waals surface area contributed by atoms with Crippen molar-refractivity contribution in [3.05, 3.63) is 42.0 Å². The predicted octanol–water partition coefficient (Wildman–Crippen LogP) is 2.10. The van der Waals surface area contributed by atoms with Gasteiger partial charge in [0.2, 0.25) is 0 Å². The molecule has 0 amide bonds. The first-order valence-corrected chi connectivity index (χ1v) is 5.51. The van der Waals surface area contributed by atoms with Crippen LogP contribution in [0.15, 0.2) is 30.4 Å². The molecule has 0 saturated carbocycles. The normalized spacial score (nSPS) is 10.4. The van der Waals surface area contributed by atoms with E-state index in [1.165, 1.54) is 6.07 Å². The van der Waals surface area contributed by atoms with Crippen LogP contribution in [0.3, 0.4) is 0 Å². The van der Waals surface area contributed by atoms with Crippen LogP contribution in [0, 0.1) is 12.7 Å². The van der Waals surface area contributed by atoms with Crippen molar-refractivity contribution >= 4 is 5.69 Å². The largest absolute Gasteiger partial charge is 0.379 e. The van der Waals surface area contributed by atoms with Crippen molar-refractivity contribution in [2.75, 3.05) is 11.9 Å². The average molecular weight is 247 g/mol. The predicted molar refractivity (Wildman–Crippen MR) is 67.2 cm³/mol. The maximum absolute atomic E-state index is 13.6. The summed E-state index contributed by atoms with van der Waals surface area (Å²) < 4.78 is 15.2. The third-order valence-electron chi connectivity index (χ3n) is 2.40. The van der Waals surface area contributed by atoms with Gasteiger partial charge in [-0.05, 0) is 42.5 Å². The number of anilines is 1. The Labute approximate surface area is 104 Å². The first-order chi connectivity index (χ1) is 8.58. The number of halogens is 1. The van der Waals surface area contributed by atoms with E-state index in [9.17, 15) is 4.39 Å². The summed E-state index contributed by atoms with van der Waals surface area (Å²) in [6, 6.07) is 4.68. The second-order valence-electron chi connectivity index (χ2n) is 4.11. The Balaban J connectivity index is 2.32. The molecule has 1 aromatic heterocycles. The van der Waals surface area contributed by atoms with Crippen LogP contribution in [0.5, 0.6) is 0 Å². The minimum absolute atomic E-state index is 0.314. The van der Waals surface area contributed by atoms with Gasteiger partial charge >= 0.3 is 0 Å². The fourth-order valence-electron chi connectivity index (χ4n) is 1.50. The minimum Gasteiger partial charge on any atom is -0.379 e. The number of benzene rings is 1. The fraction of sp³-hybridized carbons (Fsp3) is 0.250. The van der Waals surface area contributed by atoms with Crippen LogP contribution >= 0.6 is 0 Å². The maximum atomic E-state index is 13.6. The van der Waals surface area contributed by atoms with Crippen LogP contribution in [0.1, 0.15) is 12.7 Å². The number of aryl methyl sites for hydroxylation is 1. The summed E-state index contributed by atoms with van der Waals surface area (Å²) in [5, 5.41) is 14.2. The number of nitrogens with zero attached hydrogens (tertiary/aromatic N) is 4. The first kappa shape index (κ1) is 12.2. The highest BCUT2D eigenvalue weighted by Crippen LogP contribution is 2.19. The number of hydrogen-bond donors (Lipinski definition) is 1. The summed E-state index contributed by atoms with van der Waals surface area (Å²) in [7, 11) is 0. The monoisotopic (exact) mass is 247 g/mol. The van der Waals surface area contributed by atoms with Crippen molar-refractivity contribution < 1.29 is 4.39 Å². The van der Waals surface area contributed by atoms with Crippen molar-refractivity contribution in [2.45, 2.75) is 13.8 Å². The van der Waals surface area contributed by atoms with Gasteiger partial charge in [0.25, 0.3) is 0 Å². The second kappa shape index (κ2) is 4.95. The molecule has 0 fully saturated rings. The number of hydrogen-bond acceptors (Lipinski definition) is 4. The Morgan fingerprint density at radius 3 is 2.89 bits per heavy atom. The molecule has 5 nitrogen and oxygen atoms in total. The van der Waals surface area contributed by atoms with Crippen LogP contribution in [-0.2, 0) is 0 Å². The third-order valence-corrected chi connectivity index (χ3v) is 2.40. The summed E-state index contributed by atoms with van der Waals surface area (Å²) in [5.74, 6) is 0.332. The van der Waals surface area contributed by atoms with Gasteiger partial charge in [0.1, 0.15) is 5.82 Å². The van der Waals surface area contributed by atoms with E-state index < -0.39 is 0 Å². The van der Waals surface area contributed by atoms with Crippen LogP contribution in [-0.4, -0.2) is 26.8 Å². The number of aromatic nitrogens is 4. The van der Waals surface area contributed by atoms with E-state index in [4.69, 9.17) is 0 Å². The zero-order valence-electron chi connectivity index (χ0n) is 10.3. The molecular weight excluding hydrogens is 233 g/mol. The number of nitrogens with one attached hydrogen (secondary N) is 1. The van der Waals surface area contributed by atoms with E-state index in [-0.39, 0.29) is 5.82 Å². The van der Waals surface area contributed by atoms with Crippen LogP contribution in [0.25, 0.3) is 5.69 Å². The summed E-state index contributed by atoms with van der Waals surface area (Å²) >= 11 is 0. The zero-order chi connectivity index (χ0) is 13.1. The van der Waals surface area contributed by atoms with Crippen molar-refractivity contribution in [2.24, 2.45) is 0 Å². The lowest BCUT2D eigenvalue weighted by molar-refractivity contribution is 0.629. The van der Waals surface area contributed by atoms with E-state index in [0.717, 1.165) is 5.57 Å². The average Bonchev–Trinajstić information content (AvgIpc) is 2.74. The van der Waals surface area contributed by atoms with Gasteiger partial charge in [0, 0.05) is 6.54 Å². The van der Waals surface area contributed by atoms with E-state index >= 15 is 0 Å². The minimum atomic E-state index is -0.314. The lowest BCUT2D eigenvalue weighted by atomic mass is 10.2. The van der Waals surface area contributed by atoms with Crippen molar-refractivity contribution in [1.82, 2.24) is 20.2 Å². The summed E-state index contributed by atoms with van der Waals surface area (Å²) in [4.78, 5) is 0. The summed E-state index contributed by atoms with van der Waals surface area (Å²) in [5.41, 5.74) is 2.05. The Morgan fingerprint density at radius 2 is 2.28 bits per heavy atom. The van der Waals surface area contributed by atoms with Gasteiger partial charge in [-0.2, -0.15) is 4.68 Å². The molecule has 1 aromatic carbocycles. The quantitative estimate of drug-likeness (QED) is 0.841. The number of rotatable bonds is 4. The third kappa shape index (κ3) is 2.53. The molecule has 0 radical (unpaired) electrons. The first-order valence-electron chi connectivity index (χ1n) is 5.51. The van der Waals surface area contributed by atoms with E-state index in [1.807, 2.05) is 6.92 Å². The molecule has 1 N–H and O–H groups in total. The van der Waals surface area contributed by atoms with Crippen molar-refractivity contribution in [3.8, 4) is 5.69 Å². The van der Waals surface area contributed by atoms with Crippen LogP contribution in [0.2, 0.25) is 0 Å². The molecule has 2 aromatic rings. The van der Waals surface area contributed by atoms with Gasteiger partial charge in [-0.15, -0.1) is 5.10 Å². The van der Waals surface area contributed by atoms with E-state index in [1.54, 1.807) is 23.7 Å². The lowest BCUT2D eigenvalue weighted by Crippen LogP contribution is -2.06. The Bertz CT molecular complexity index is 576. The van der Waals surface area contributed by atoms with Gasteiger partial charge < -0.3 is 5.32 Å². The van der Waals surface area contributed by atoms with Gasteiger partial charge in [0.05, 0.1) is 11.4 Å². The molecule has 0 bridgehead atoms. The molecule has 0 atom stereocenters. The highest BCUT2D eigenvalue weighted by molar-refractivity contribution is 5.52. The van der Waals surface area contributed by atoms with E-state index in [0.29, 0.717) is 23.7 Å². The van der Waals surface area contributed by atoms with Gasteiger partial charge in [-0.3, -0.25) is 0 Å². The van der Waals surface area contributed by atoms with Crippen LogP contribution < -0.4 is 5.32 Å². The smallest absolute Gasteiger partial charge is 0.153 e.